The zero-order valence-electron chi connectivity index (χ0n) is 9.58. The Hall–Kier alpha value is -1.12. The van der Waals surface area contributed by atoms with Crippen molar-refractivity contribution >= 4 is 5.95 Å². The van der Waals surface area contributed by atoms with Gasteiger partial charge in [-0.15, -0.1) is 0 Å². The highest BCUT2D eigenvalue weighted by Gasteiger charge is 2.19. The van der Waals surface area contributed by atoms with Crippen LogP contribution in [0.4, 0.5) is 5.95 Å². The van der Waals surface area contributed by atoms with Crippen molar-refractivity contribution < 1.29 is 0 Å². The number of fused-ring (bicyclic) bond motifs is 1. The summed E-state index contributed by atoms with van der Waals surface area (Å²) in [6, 6.07) is 0. The van der Waals surface area contributed by atoms with Crippen molar-refractivity contribution in [1.29, 1.82) is 0 Å². The highest BCUT2D eigenvalue weighted by Crippen LogP contribution is 2.27. The zero-order valence-corrected chi connectivity index (χ0v) is 9.58. The van der Waals surface area contributed by atoms with Crippen molar-refractivity contribution in [2.75, 3.05) is 12.4 Å². The third-order valence-corrected chi connectivity index (χ3v) is 3.17. The number of hydrogen-bond acceptors (Lipinski definition) is 3. The quantitative estimate of drug-likeness (QED) is 0.823. The predicted molar refractivity (Wildman–Crippen MR) is 62.0 cm³/mol. The first-order chi connectivity index (χ1) is 7.33. The van der Waals surface area contributed by atoms with Crippen LogP contribution in [0, 0.1) is 5.92 Å². The van der Waals surface area contributed by atoms with Crippen LogP contribution in [0.2, 0.25) is 0 Å². The summed E-state index contributed by atoms with van der Waals surface area (Å²) < 4.78 is 0. The van der Waals surface area contributed by atoms with E-state index in [2.05, 4.69) is 22.2 Å². The molecule has 1 aromatic rings. The maximum absolute atomic E-state index is 4.50. The molecule has 15 heavy (non-hydrogen) atoms. The second-order valence-corrected chi connectivity index (χ2v) is 4.31. The summed E-state index contributed by atoms with van der Waals surface area (Å²) in [5.41, 5.74) is 2.61. The monoisotopic (exact) mass is 205 g/mol. The van der Waals surface area contributed by atoms with E-state index in [1.54, 1.807) is 0 Å². The largest absolute Gasteiger partial charge is 0.357 e. The van der Waals surface area contributed by atoms with E-state index in [1.807, 2.05) is 13.2 Å². The lowest BCUT2D eigenvalue weighted by atomic mass is 9.85. The molecule has 82 valence electrons. The zero-order chi connectivity index (χ0) is 10.7. The van der Waals surface area contributed by atoms with Crippen LogP contribution in [0.25, 0.3) is 0 Å². The second kappa shape index (κ2) is 4.60. The number of rotatable bonds is 3. The van der Waals surface area contributed by atoms with E-state index < -0.39 is 0 Å². The van der Waals surface area contributed by atoms with Crippen LogP contribution in [-0.2, 0) is 12.8 Å². The molecule has 0 spiro atoms. The van der Waals surface area contributed by atoms with Crippen LogP contribution < -0.4 is 5.32 Å². The summed E-state index contributed by atoms with van der Waals surface area (Å²) in [6.45, 7) is 2.26. The second-order valence-electron chi connectivity index (χ2n) is 4.31. The Morgan fingerprint density at radius 1 is 1.53 bits per heavy atom. The fourth-order valence-electron chi connectivity index (χ4n) is 2.36. The molecule has 0 bridgehead atoms. The lowest BCUT2D eigenvalue weighted by Gasteiger charge is -2.23. The molecule has 0 aromatic carbocycles. The summed E-state index contributed by atoms with van der Waals surface area (Å²) in [4.78, 5) is 8.79. The van der Waals surface area contributed by atoms with E-state index in [0.717, 1.165) is 18.3 Å². The Balaban J connectivity index is 2.13. The number of nitrogens with one attached hydrogen (secondary N) is 1. The Kier molecular flexibility index (Phi) is 3.19. The minimum Gasteiger partial charge on any atom is -0.357 e. The number of aryl methyl sites for hydroxylation is 1. The molecular weight excluding hydrogens is 186 g/mol. The normalized spacial score (nSPS) is 19.7. The van der Waals surface area contributed by atoms with Crippen molar-refractivity contribution in [1.82, 2.24) is 9.97 Å². The average molecular weight is 205 g/mol. The predicted octanol–water partition coefficient (Wildman–Crippen LogP) is 2.42. The van der Waals surface area contributed by atoms with Crippen LogP contribution in [-0.4, -0.2) is 17.0 Å². The lowest BCUT2D eigenvalue weighted by molar-refractivity contribution is 0.417. The van der Waals surface area contributed by atoms with Crippen LogP contribution in [0.5, 0.6) is 0 Å². The highest BCUT2D eigenvalue weighted by molar-refractivity contribution is 5.30. The van der Waals surface area contributed by atoms with Gasteiger partial charge in [-0.3, -0.25) is 0 Å². The van der Waals surface area contributed by atoms with Gasteiger partial charge in [0.25, 0.3) is 0 Å². The van der Waals surface area contributed by atoms with Crippen molar-refractivity contribution in [2.45, 2.75) is 39.0 Å². The smallest absolute Gasteiger partial charge is 0.222 e. The first-order valence-electron chi connectivity index (χ1n) is 5.86. The fourth-order valence-corrected chi connectivity index (χ4v) is 2.36. The van der Waals surface area contributed by atoms with Gasteiger partial charge in [-0.05, 0) is 30.7 Å². The summed E-state index contributed by atoms with van der Waals surface area (Å²) in [5.74, 6) is 1.61. The van der Waals surface area contributed by atoms with Crippen LogP contribution >= 0.6 is 0 Å². The van der Waals surface area contributed by atoms with Gasteiger partial charge in [0, 0.05) is 18.9 Å². The molecule has 0 saturated carbocycles. The molecule has 0 aliphatic heterocycles. The minimum absolute atomic E-state index is 0.752. The molecule has 0 radical (unpaired) electrons. The molecule has 0 saturated heterocycles. The molecule has 3 nitrogen and oxygen atoms in total. The molecule has 1 aromatic heterocycles. The molecule has 1 N–H and O–H groups in total. The van der Waals surface area contributed by atoms with Gasteiger partial charge in [0.05, 0.1) is 0 Å². The van der Waals surface area contributed by atoms with E-state index in [0.29, 0.717) is 0 Å². The average Bonchev–Trinajstić information content (AvgIpc) is 2.29. The summed E-state index contributed by atoms with van der Waals surface area (Å²) >= 11 is 0. The van der Waals surface area contributed by atoms with Crippen LogP contribution in [0.3, 0.4) is 0 Å². The van der Waals surface area contributed by atoms with Crippen molar-refractivity contribution in [3.8, 4) is 0 Å². The number of aromatic nitrogens is 2. The molecule has 2 rings (SSSR count). The van der Waals surface area contributed by atoms with Crippen molar-refractivity contribution in [2.24, 2.45) is 5.92 Å². The van der Waals surface area contributed by atoms with Gasteiger partial charge >= 0.3 is 0 Å². The SMILES string of the molecule is CCCC1CCc2nc(NC)ncc2C1. The van der Waals surface area contributed by atoms with E-state index in [9.17, 15) is 0 Å². The van der Waals surface area contributed by atoms with Gasteiger partial charge in [-0.2, -0.15) is 0 Å². The van der Waals surface area contributed by atoms with Gasteiger partial charge in [0.2, 0.25) is 5.95 Å². The summed E-state index contributed by atoms with van der Waals surface area (Å²) in [7, 11) is 1.87. The molecule has 1 aliphatic carbocycles. The number of anilines is 1. The summed E-state index contributed by atoms with van der Waals surface area (Å²) in [6.07, 6.45) is 8.21. The minimum atomic E-state index is 0.752. The van der Waals surface area contributed by atoms with E-state index in [4.69, 9.17) is 0 Å². The summed E-state index contributed by atoms with van der Waals surface area (Å²) in [5, 5.41) is 2.99. The van der Waals surface area contributed by atoms with Crippen molar-refractivity contribution in [3.05, 3.63) is 17.5 Å². The Labute approximate surface area is 91.3 Å². The van der Waals surface area contributed by atoms with Gasteiger partial charge in [0.15, 0.2) is 0 Å². The number of nitrogens with zero attached hydrogens (tertiary/aromatic N) is 2. The Bertz CT molecular complexity index is 336. The van der Waals surface area contributed by atoms with Crippen molar-refractivity contribution in [3.63, 3.8) is 0 Å². The molecule has 1 atom stereocenters. The first-order valence-corrected chi connectivity index (χ1v) is 5.86. The topological polar surface area (TPSA) is 37.8 Å². The third kappa shape index (κ3) is 2.28. The van der Waals surface area contributed by atoms with E-state index in [-0.39, 0.29) is 0 Å². The molecule has 0 amide bonds. The lowest BCUT2D eigenvalue weighted by Crippen LogP contribution is -2.16. The van der Waals surface area contributed by atoms with Gasteiger partial charge in [-0.1, -0.05) is 19.8 Å². The standard InChI is InChI=1S/C12H19N3/c1-3-4-9-5-6-11-10(7-9)8-14-12(13-2)15-11/h8-9H,3-7H2,1-2H3,(H,13,14,15). The molecule has 1 unspecified atom stereocenters. The number of hydrogen-bond donors (Lipinski definition) is 1. The van der Waals surface area contributed by atoms with Gasteiger partial charge < -0.3 is 5.32 Å². The molecule has 1 aliphatic rings. The molecular formula is C12H19N3. The molecule has 1 heterocycles. The van der Waals surface area contributed by atoms with Crippen LogP contribution in [0.15, 0.2) is 6.20 Å². The van der Waals surface area contributed by atoms with E-state index >= 15 is 0 Å². The Morgan fingerprint density at radius 3 is 3.13 bits per heavy atom. The molecule has 0 fully saturated rings. The van der Waals surface area contributed by atoms with Gasteiger partial charge in [-0.25, -0.2) is 9.97 Å². The van der Waals surface area contributed by atoms with Gasteiger partial charge in [0.1, 0.15) is 0 Å². The first kappa shape index (κ1) is 10.4. The highest BCUT2D eigenvalue weighted by atomic mass is 15.1. The van der Waals surface area contributed by atoms with Crippen LogP contribution in [0.1, 0.15) is 37.4 Å². The maximum atomic E-state index is 4.50. The third-order valence-electron chi connectivity index (χ3n) is 3.17. The maximum Gasteiger partial charge on any atom is 0.222 e. The fraction of sp³-hybridized carbons (Fsp3) is 0.667. The molecule has 3 heteroatoms. The Morgan fingerprint density at radius 2 is 2.40 bits per heavy atom. The van der Waals surface area contributed by atoms with E-state index in [1.165, 1.54) is 36.9 Å².